The third-order valence-electron chi connectivity index (χ3n) is 2.66. The second kappa shape index (κ2) is 4.62. The van der Waals surface area contributed by atoms with Gasteiger partial charge in [0.05, 0.1) is 21.7 Å². The van der Waals surface area contributed by atoms with Crippen LogP contribution in [-0.2, 0) is 4.79 Å². The number of halogens is 2. The lowest BCUT2D eigenvalue weighted by molar-refractivity contribution is -0.384. The normalized spacial score (nSPS) is 19.3. The third-order valence-corrected chi connectivity index (χ3v) is 3.26. The highest BCUT2D eigenvalue weighted by Crippen LogP contribution is 2.36. The van der Waals surface area contributed by atoms with Crippen LogP contribution in [0.15, 0.2) is 12.1 Å². The number of nitrogens with two attached hydrogens (primary N) is 1. The van der Waals surface area contributed by atoms with E-state index in [2.05, 4.69) is 0 Å². The molecular weight excluding hydrogens is 281 g/mol. The summed E-state index contributed by atoms with van der Waals surface area (Å²) in [6.45, 7) is 0.318. The topological polar surface area (TPSA) is 89.5 Å². The van der Waals surface area contributed by atoms with Crippen molar-refractivity contribution in [2.45, 2.75) is 11.8 Å². The molecular formula is C10H9Cl2N3O3. The molecule has 2 rings (SSSR count). The van der Waals surface area contributed by atoms with E-state index in [0.717, 1.165) is 6.07 Å². The molecule has 1 atom stereocenters. The van der Waals surface area contributed by atoms with E-state index in [-0.39, 0.29) is 34.1 Å². The van der Waals surface area contributed by atoms with Crippen molar-refractivity contribution >= 4 is 46.2 Å². The Morgan fingerprint density at radius 1 is 1.50 bits per heavy atom. The lowest BCUT2D eigenvalue weighted by atomic mass is 10.2. The monoisotopic (exact) mass is 289 g/mol. The van der Waals surface area contributed by atoms with Crippen LogP contribution in [0.4, 0.5) is 17.1 Å². The quantitative estimate of drug-likeness (QED) is 0.391. The molecule has 0 bridgehead atoms. The van der Waals surface area contributed by atoms with E-state index < -0.39 is 4.92 Å². The van der Waals surface area contributed by atoms with E-state index in [1.54, 1.807) is 0 Å². The highest BCUT2D eigenvalue weighted by Gasteiger charge is 2.31. The Hall–Kier alpha value is -1.53. The lowest BCUT2D eigenvalue weighted by Crippen LogP contribution is -2.25. The molecule has 6 nitrogen and oxygen atoms in total. The maximum atomic E-state index is 11.7. The number of hydrogen-bond donors (Lipinski definition) is 1. The van der Waals surface area contributed by atoms with Gasteiger partial charge in [0.2, 0.25) is 5.91 Å². The summed E-state index contributed by atoms with van der Waals surface area (Å²) in [4.78, 5) is 23.1. The minimum absolute atomic E-state index is 0.0602. The van der Waals surface area contributed by atoms with Crippen LogP contribution in [-0.4, -0.2) is 22.8 Å². The average Bonchev–Trinajstić information content (AvgIpc) is 2.60. The predicted molar refractivity (Wildman–Crippen MR) is 69.1 cm³/mol. The van der Waals surface area contributed by atoms with Gasteiger partial charge < -0.3 is 10.6 Å². The molecule has 1 aliphatic rings. The van der Waals surface area contributed by atoms with Crippen molar-refractivity contribution in [2.75, 3.05) is 17.2 Å². The van der Waals surface area contributed by atoms with Gasteiger partial charge >= 0.3 is 0 Å². The van der Waals surface area contributed by atoms with E-state index in [0.29, 0.717) is 12.2 Å². The first-order chi connectivity index (χ1) is 8.40. The van der Waals surface area contributed by atoms with Crippen LogP contribution in [0, 0.1) is 10.1 Å². The maximum Gasteiger partial charge on any atom is 0.290 e. The lowest BCUT2D eigenvalue weighted by Gasteiger charge is -2.18. The minimum Gasteiger partial charge on any atom is -0.397 e. The van der Waals surface area contributed by atoms with Crippen LogP contribution in [0.25, 0.3) is 0 Å². The summed E-state index contributed by atoms with van der Waals surface area (Å²) in [5.41, 5.74) is 5.92. The standard InChI is InChI=1S/C10H9Cl2N3O3/c11-5-1-10(16)14(4-5)9-2-6(12)8(15(17)18)3-7(9)13/h2-3,5H,1,4,13H2. The van der Waals surface area contributed by atoms with Crippen molar-refractivity contribution in [3.63, 3.8) is 0 Å². The molecule has 18 heavy (non-hydrogen) atoms. The smallest absolute Gasteiger partial charge is 0.290 e. The maximum absolute atomic E-state index is 11.7. The number of carbonyl (C=O) groups is 1. The summed E-state index contributed by atoms with van der Waals surface area (Å²) >= 11 is 11.7. The van der Waals surface area contributed by atoms with Gasteiger partial charge in [0.25, 0.3) is 5.69 Å². The SMILES string of the molecule is Nc1cc([N+](=O)[O-])c(Cl)cc1N1CC(Cl)CC1=O. The Balaban J connectivity index is 2.44. The zero-order valence-electron chi connectivity index (χ0n) is 9.10. The first-order valence-corrected chi connectivity index (χ1v) is 5.89. The second-order valence-electron chi connectivity index (χ2n) is 3.93. The summed E-state index contributed by atoms with van der Waals surface area (Å²) < 4.78 is 0. The van der Waals surface area contributed by atoms with Gasteiger partial charge in [-0.2, -0.15) is 0 Å². The van der Waals surface area contributed by atoms with Crippen molar-refractivity contribution in [1.82, 2.24) is 0 Å². The predicted octanol–water partition coefficient (Wildman–Crippen LogP) is 2.17. The Morgan fingerprint density at radius 3 is 2.67 bits per heavy atom. The van der Waals surface area contributed by atoms with Crippen LogP contribution < -0.4 is 10.6 Å². The van der Waals surface area contributed by atoms with Crippen molar-refractivity contribution < 1.29 is 9.72 Å². The Bertz CT molecular complexity index is 535. The molecule has 0 radical (unpaired) electrons. The fourth-order valence-electron chi connectivity index (χ4n) is 1.84. The molecule has 0 aliphatic carbocycles. The molecule has 0 aromatic heterocycles. The molecule has 1 saturated heterocycles. The number of benzene rings is 1. The van der Waals surface area contributed by atoms with Crippen molar-refractivity contribution in [3.8, 4) is 0 Å². The third kappa shape index (κ3) is 2.21. The molecule has 1 fully saturated rings. The summed E-state index contributed by atoms with van der Waals surface area (Å²) in [6.07, 6.45) is 0.218. The van der Waals surface area contributed by atoms with Crippen LogP contribution in [0.2, 0.25) is 5.02 Å². The number of alkyl halides is 1. The Labute approximate surface area is 112 Å². The zero-order valence-corrected chi connectivity index (χ0v) is 10.6. The number of carbonyl (C=O) groups excluding carboxylic acids is 1. The molecule has 1 heterocycles. The van der Waals surface area contributed by atoms with Crippen LogP contribution in [0.1, 0.15) is 6.42 Å². The average molecular weight is 290 g/mol. The number of anilines is 2. The number of nitro benzene ring substituents is 1. The molecule has 8 heteroatoms. The first-order valence-electron chi connectivity index (χ1n) is 5.08. The number of nitrogens with zero attached hydrogens (tertiary/aromatic N) is 2. The summed E-state index contributed by atoms with van der Waals surface area (Å²) in [6, 6.07) is 2.47. The van der Waals surface area contributed by atoms with E-state index >= 15 is 0 Å². The fourth-order valence-corrected chi connectivity index (χ4v) is 2.33. The van der Waals surface area contributed by atoms with Crippen LogP contribution in [0.5, 0.6) is 0 Å². The molecule has 1 amide bonds. The number of nitro groups is 1. The molecule has 96 valence electrons. The highest BCUT2D eigenvalue weighted by molar-refractivity contribution is 6.33. The largest absolute Gasteiger partial charge is 0.397 e. The molecule has 0 saturated carbocycles. The Morgan fingerprint density at radius 2 is 2.17 bits per heavy atom. The van der Waals surface area contributed by atoms with E-state index in [1.165, 1.54) is 11.0 Å². The minimum atomic E-state index is -0.626. The van der Waals surface area contributed by atoms with E-state index in [1.807, 2.05) is 0 Å². The van der Waals surface area contributed by atoms with Crippen LogP contribution >= 0.6 is 23.2 Å². The number of amides is 1. The number of hydrogen-bond acceptors (Lipinski definition) is 4. The van der Waals surface area contributed by atoms with Gasteiger partial charge in [-0.1, -0.05) is 11.6 Å². The fraction of sp³-hybridized carbons (Fsp3) is 0.300. The van der Waals surface area contributed by atoms with Crippen molar-refractivity contribution in [2.24, 2.45) is 0 Å². The molecule has 2 N–H and O–H groups in total. The van der Waals surface area contributed by atoms with Gasteiger partial charge in [0.15, 0.2) is 0 Å². The van der Waals surface area contributed by atoms with Gasteiger partial charge in [-0.15, -0.1) is 11.6 Å². The van der Waals surface area contributed by atoms with Gasteiger partial charge in [0, 0.05) is 19.0 Å². The summed E-state index contributed by atoms with van der Waals surface area (Å²) in [7, 11) is 0. The second-order valence-corrected chi connectivity index (χ2v) is 4.95. The molecule has 0 spiro atoms. The zero-order chi connectivity index (χ0) is 13.4. The summed E-state index contributed by atoms with van der Waals surface area (Å²) in [5.74, 6) is -0.174. The van der Waals surface area contributed by atoms with E-state index in [9.17, 15) is 14.9 Å². The van der Waals surface area contributed by atoms with Crippen LogP contribution in [0.3, 0.4) is 0 Å². The van der Waals surface area contributed by atoms with Gasteiger partial charge in [-0.05, 0) is 6.07 Å². The van der Waals surface area contributed by atoms with Gasteiger partial charge in [-0.3, -0.25) is 14.9 Å². The Kier molecular flexibility index (Phi) is 3.32. The van der Waals surface area contributed by atoms with Crippen molar-refractivity contribution in [3.05, 3.63) is 27.3 Å². The molecule has 1 aromatic carbocycles. The first kappa shape index (κ1) is 12.9. The highest BCUT2D eigenvalue weighted by atomic mass is 35.5. The van der Waals surface area contributed by atoms with E-state index in [4.69, 9.17) is 28.9 Å². The van der Waals surface area contributed by atoms with Crippen molar-refractivity contribution in [1.29, 1.82) is 0 Å². The molecule has 1 unspecified atom stereocenters. The summed E-state index contributed by atoms with van der Waals surface area (Å²) in [5, 5.41) is 10.3. The molecule has 1 aliphatic heterocycles. The number of rotatable bonds is 2. The van der Waals surface area contributed by atoms with Gasteiger partial charge in [0.1, 0.15) is 5.02 Å². The molecule has 1 aromatic rings. The number of nitrogen functional groups attached to an aromatic ring is 1. The van der Waals surface area contributed by atoms with Gasteiger partial charge in [-0.25, -0.2) is 0 Å².